The van der Waals surface area contributed by atoms with Crippen molar-refractivity contribution in [2.75, 3.05) is 33.5 Å². The summed E-state index contributed by atoms with van der Waals surface area (Å²) in [5, 5.41) is 17.0. The van der Waals surface area contributed by atoms with Gasteiger partial charge in [0.25, 0.3) is 0 Å². The number of amides is 4. The highest BCUT2D eigenvalue weighted by Crippen LogP contribution is 2.54. The van der Waals surface area contributed by atoms with E-state index in [1.807, 2.05) is 46.3 Å². The highest BCUT2D eigenvalue weighted by Gasteiger charge is 2.58. The molecular formula is C45H50N8O8. The number of hydrogen-bond acceptors (Lipinski definition) is 9. The molecule has 16 nitrogen and oxygen atoms in total. The molecule has 0 bridgehead atoms. The number of carbonyl (C=O) groups is 4. The van der Waals surface area contributed by atoms with E-state index in [1.54, 1.807) is 6.20 Å². The Labute approximate surface area is 352 Å². The number of hydrogen-bond donors (Lipinski definition) is 5. The minimum Gasteiger partial charge on any atom is -0.465 e. The highest BCUT2D eigenvalue weighted by atomic mass is 16.5. The van der Waals surface area contributed by atoms with Crippen molar-refractivity contribution in [3.8, 4) is 23.1 Å². The molecule has 2 aromatic heterocycles. The molecule has 0 radical (unpaired) electrons. The lowest BCUT2D eigenvalue weighted by atomic mass is 9.90. The Balaban J connectivity index is 0.820. The van der Waals surface area contributed by atoms with Crippen LogP contribution in [0.5, 0.6) is 0 Å². The van der Waals surface area contributed by atoms with E-state index >= 15 is 0 Å². The third kappa shape index (κ3) is 7.81. The number of likely N-dealkylation sites (tertiary alicyclic amines) is 2. The molecule has 4 amide bonds. The summed E-state index contributed by atoms with van der Waals surface area (Å²) in [5.41, 5.74) is 3.12. The lowest BCUT2D eigenvalue weighted by Gasteiger charge is -2.35. The zero-order valence-corrected chi connectivity index (χ0v) is 34.0. The average Bonchev–Trinajstić information content (AvgIpc) is 3.88. The highest BCUT2D eigenvalue weighted by molar-refractivity contribution is 5.89. The second-order valence-electron chi connectivity index (χ2n) is 17.4. The number of carbonyl (C=O) groups excluding carboxylic acids is 3. The Bertz CT molecular complexity index is 2410. The number of fused-ring (bicyclic) bond motifs is 3. The number of imidazole rings is 2. The van der Waals surface area contributed by atoms with Crippen molar-refractivity contribution < 1.29 is 38.5 Å². The van der Waals surface area contributed by atoms with Gasteiger partial charge in [-0.25, -0.2) is 19.6 Å². The van der Waals surface area contributed by atoms with Gasteiger partial charge in [0.15, 0.2) is 0 Å². The number of nitrogens with zero attached hydrogens (tertiary/aromatic N) is 4. The average molecular weight is 831 g/mol. The number of alkyl carbamates (subject to hydrolysis) is 1. The van der Waals surface area contributed by atoms with Crippen LogP contribution >= 0.6 is 0 Å². The molecular weight excluding hydrogens is 781 g/mol. The number of methoxy groups -OCH3 is 1. The van der Waals surface area contributed by atoms with E-state index in [2.05, 4.69) is 38.5 Å². The van der Waals surface area contributed by atoms with Crippen molar-refractivity contribution in [1.82, 2.24) is 40.4 Å². The molecule has 6 fully saturated rings. The Morgan fingerprint density at radius 3 is 1.95 bits per heavy atom. The van der Waals surface area contributed by atoms with E-state index in [0.29, 0.717) is 81.3 Å². The van der Waals surface area contributed by atoms with Crippen LogP contribution in [-0.2, 0) is 23.8 Å². The normalized spacial score (nSPS) is 26.7. The van der Waals surface area contributed by atoms with Gasteiger partial charge in [-0.15, -0.1) is 0 Å². The zero-order chi connectivity index (χ0) is 41.8. The molecule has 5 N–H and O–H groups in total. The van der Waals surface area contributed by atoms with Gasteiger partial charge in [0.1, 0.15) is 29.4 Å². The van der Waals surface area contributed by atoms with E-state index in [0.717, 1.165) is 53.3 Å². The number of benzene rings is 2. The predicted molar refractivity (Wildman–Crippen MR) is 220 cm³/mol. The SMILES string of the molecule is COC(=O)NC(C(=O)N1[C@@H]2C[C@@H]2C[C@H]1c1nc(C#Cc2ccc3cc(-c4c[nH]c([C@@H]5C[C@H]6C[C@H]6N5C(=O)C(NC(=O)O)C5CCOCC5)n4)ccc3c2)c[nH]1)C1CCOCC1. The van der Waals surface area contributed by atoms with Crippen LogP contribution in [0.4, 0.5) is 9.59 Å². The first-order valence-electron chi connectivity index (χ1n) is 21.5. The van der Waals surface area contributed by atoms with Crippen LogP contribution in [0.1, 0.15) is 86.4 Å². The molecule has 2 saturated carbocycles. The summed E-state index contributed by atoms with van der Waals surface area (Å²) in [6, 6.07) is 10.5. The van der Waals surface area contributed by atoms with Crippen LogP contribution in [0, 0.1) is 35.5 Å². The summed E-state index contributed by atoms with van der Waals surface area (Å²) >= 11 is 0. The Kier molecular flexibility index (Phi) is 10.4. The number of aromatic amines is 2. The third-order valence-electron chi connectivity index (χ3n) is 13.8. The van der Waals surface area contributed by atoms with Crippen LogP contribution in [0.2, 0.25) is 0 Å². The van der Waals surface area contributed by atoms with Crippen molar-refractivity contribution in [2.24, 2.45) is 23.7 Å². The van der Waals surface area contributed by atoms with Gasteiger partial charge in [-0.1, -0.05) is 24.1 Å². The summed E-state index contributed by atoms with van der Waals surface area (Å²) in [6.45, 7) is 2.15. The third-order valence-corrected chi connectivity index (χ3v) is 13.8. The summed E-state index contributed by atoms with van der Waals surface area (Å²) in [6.07, 6.45) is 8.00. The fourth-order valence-corrected chi connectivity index (χ4v) is 10.4. The number of carboxylic acid groups (broad SMARTS) is 1. The quantitative estimate of drug-likeness (QED) is 0.145. The summed E-state index contributed by atoms with van der Waals surface area (Å²) < 4.78 is 15.9. The van der Waals surface area contributed by atoms with Crippen LogP contribution < -0.4 is 10.6 Å². The van der Waals surface area contributed by atoms with Crippen molar-refractivity contribution in [3.63, 3.8) is 0 Å². The number of ether oxygens (including phenoxy) is 3. The molecule has 6 aliphatic rings. The van der Waals surface area contributed by atoms with Crippen molar-refractivity contribution in [1.29, 1.82) is 0 Å². The summed E-state index contributed by atoms with van der Waals surface area (Å²) in [5.74, 6) is 8.26. The fourth-order valence-electron chi connectivity index (χ4n) is 10.4. The molecule has 6 heterocycles. The summed E-state index contributed by atoms with van der Waals surface area (Å²) in [7, 11) is 1.31. The Morgan fingerprint density at radius 1 is 0.754 bits per heavy atom. The van der Waals surface area contributed by atoms with E-state index in [9.17, 15) is 24.3 Å². The molecule has 0 spiro atoms. The second kappa shape index (κ2) is 16.2. The summed E-state index contributed by atoms with van der Waals surface area (Å²) in [4.78, 5) is 72.6. The molecule has 8 atom stereocenters. The van der Waals surface area contributed by atoms with Crippen molar-refractivity contribution in [3.05, 3.63) is 71.7 Å². The molecule has 61 heavy (non-hydrogen) atoms. The van der Waals surface area contributed by atoms with Gasteiger partial charge in [-0.2, -0.15) is 0 Å². The van der Waals surface area contributed by atoms with E-state index in [4.69, 9.17) is 24.2 Å². The first-order chi connectivity index (χ1) is 29.7. The molecule has 2 aliphatic carbocycles. The smallest absolute Gasteiger partial charge is 0.407 e. The van der Waals surface area contributed by atoms with E-state index < -0.39 is 24.3 Å². The minimum atomic E-state index is -1.19. The van der Waals surface area contributed by atoms with Crippen molar-refractivity contribution in [2.45, 2.75) is 87.6 Å². The molecule has 318 valence electrons. The first kappa shape index (κ1) is 39.2. The van der Waals surface area contributed by atoms with E-state index in [1.165, 1.54) is 7.11 Å². The lowest BCUT2D eigenvalue weighted by Crippen LogP contribution is -2.54. The first-order valence-corrected chi connectivity index (χ1v) is 21.5. The number of rotatable bonds is 9. The predicted octanol–water partition coefficient (Wildman–Crippen LogP) is 4.89. The zero-order valence-electron chi connectivity index (χ0n) is 34.0. The molecule has 4 aliphatic heterocycles. The van der Waals surface area contributed by atoms with Gasteiger partial charge in [0.2, 0.25) is 11.8 Å². The van der Waals surface area contributed by atoms with Gasteiger partial charge in [-0.05, 0) is 110 Å². The van der Waals surface area contributed by atoms with Gasteiger partial charge >= 0.3 is 12.2 Å². The van der Waals surface area contributed by atoms with Crippen LogP contribution in [0.3, 0.4) is 0 Å². The Hall–Kier alpha value is -5.92. The van der Waals surface area contributed by atoms with Crippen LogP contribution in [0.25, 0.3) is 22.0 Å². The van der Waals surface area contributed by atoms with E-state index in [-0.39, 0.29) is 47.8 Å². The minimum absolute atomic E-state index is 0.0339. The molecule has 4 saturated heterocycles. The second-order valence-corrected chi connectivity index (χ2v) is 17.4. The number of piperidine rings is 2. The standard InChI is InChI=1S/C45H50N8O8/c1-59-45(58)51-39(26-10-14-61-15-11-26)43(55)52-34-18-30(34)20-36(52)40-46-22-32(48-40)7-3-24-2-4-28-17-29(6-5-27(28)16-24)33-23-47-41(49-33)37-21-31-19-35(31)53(37)42(54)38(50-44(56)57)25-8-12-60-13-9-25/h2,4-6,16-17,22-23,25-26,30-31,34-39,50H,8-15,18-21H2,1H3,(H,46,48)(H,47,49)(H,51,58)(H,56,57)/t30-,31-,34-,35-,36+,37+,38?,39?/m1/s1. The van der Waals surface area contributed by atoms with Gasteiger partial charge in [0, 0.05) is 62.0 Å². The van der Waals surface area contributed by atoms with Gasteiger partial charge < -0.3 is 49.7 Å². The number of aromatic nitrogens is 4. The largest absolute Gasteiger partial charge is 0.465 e. The molecule has 4 aromatic rings. The van der Waals surface area contributed by atoms with Gasteiger partial charge in [0.05, 0.1) is 24.9 Å². The molecule has 2 unspecified atom stereocenters. The van der Waals surface area contributed by atoms with Crippen LogP contribution in [-0.4, -0.2) is 117 Å². The maximum Gasteiger partial charge on any atom is 0.407 e. The van der Waals surface area contributed by atoms with Crippen LogP contribution in [0.15, 0.2) is 48.8 Å². The van der Waals surface area contributed by atoms with Gasteiger partial charge in [-0.3, -0.25) is 9.59 Å². The fraction of sp³-hybridized carbons (Fsp3) is 0.511. The molecule has 2 aromatic carbocycles. The Morgan fingerprint density at radius 2 is 1.33 bits per heavy atom. The van der Waals surface area contributed by atoms with Crippen molar-refractivity contribution >= 4 is 34.8 Å². The monoisotopic (exact) mass is 830 g/mol. The lowest BCUT2D eigenvalue weighted by molar-refractivity contribution is -0.138. The maximum absolute atomic E-state index is 14.1. The number of H-pyrrole nitrogens is 2. The maximum atomic E-state index is 14.1. The topological polar surface area (TPSA) is 204 Å². The molecule has 10 rings (SSSR count). The molecule has 16 heteroatoms. The number of nitrogens with one attached hydrogen (secondary N) is 4.